The summed E-state index contributed by atoms with van der Waals surface area (Å²) in [5.41, 5.74) is 1.63. The molecule has 9 atom stereocenters. The molecule has 12 heteroatoms. The highest BCUT2D eigenvalue weighted by atomic mass is 16.5. The number of nitrogens with zero attached hydrogens (tertiary/aromatic N) is 3. The second-order valence-corrected chi connectivity index (χ2v) is 18.0. The Labute approximate surface area is 366 Å². The number of benzene rings is 2. The van der Waals surface area contributed by atoms with Gasteiger partial charge in [0.1, 0.15) is 12.4 Å². The fourth-order valence-electron chi connectivity index (χ4n) is 9.13. The zero-order valence-electron chi connectivity index (χ0n) is 39.3. The van der Waals surface area contributed by atoms with Crippen LogP contribution in [0.3, 0.4) is 0 Å². The molecule has 0 saturated carbocycles. The minimum atomic E-state index is -0.607. The number of methoxy groups -OCH3 is 2. The summed E-state index contributed by atoms with van der Waals surface area (Å²) >= 11 is 0. The van der Waals surface area contributed by atoms with Gasteiger partial charge in [0.2, 0.25) is 17.7 Å². The van der Waals surface area contributed by atoms with Crippen molar-refractivity contribution in [2.24, 2.45) is 29.6 Å². The number of likely N-dealkylation sites (N-methyl/N-ethyl adjacent to an activating group) is 2. The van der Waals surface area contributed by atoms with E-state index >= 15 is 0 Å². The van der Waals surface area contributed by atoms with E-state index < -0.39 is 30.1 Å². The van der Waals surface area contributed by atoms with Gasteiger partial charge in [-0.2, -0.15) is 0 Å². The van der Waals surface area contributed by atoms with E-state index in [9.17, 15) is 24.0 Å². The van der Waals surface area contributed by atoms with Crippen molar-refractivity contribution in [2.45, 2.75) is 130 Å². The summed E-state index contributed by atoms with van der Waals surface area (Å²) in [5, 5.41) is 3.21. The number of amides is 3. The van der Waals surface area contributed by atoms with Crippen molar-refractivity contribution in [3.05, 3.63) is 65.7 Å². The van der Waals surface area contributed by atoms with Crippen LogP contribution >= 0.6 is 0 Å². The van der Waals surface area contributed by atoms with Crippen LogP contribution in [0.15, 0.2) is 54.6 Å². The van der Waals surface area contributed by atoms with Crippen molar-refractivity contribution >= 4 is 29.3 Å². The molecule has 340 valence electrons. The molecule has 1 heterocycles. The lowest BCUT2D eigenvalue weighted by Gasteiger charge is -2.41. The zero-order chi connectivity index (χ0) is 45.6. The Hall–Kier alpha value is -4.13. The van der Waals surface area contributed by atoms with Gasteiger partial charge in [-0.05, 0) is 87.9 Å². The van der Waals surface area contributed by atoms with Crippen LogP contribution in [0.5, 0.6) is 5.75 Å². The molecular formula is C49H76N4O8. The SMILES string of the molecule is CC[C@H](C)[C@@H]([C@@H](CC(=O)N1CCC[C@H]1[C@H](OC)[C@@H](C)C(=O)N[C@H](COc1ccc(C(C)=O)cc1)Cc1ccccc1)OC)N(C)C(=O)[C@@H](CC(=O)[C@H](C(C)C)N(C)C)C(C)C. The van der Waals surface area contributed by atoms with Gasteiger partial charge in [-0.1, -0.05) is 85.2 Å². The lowest BCUT2D eigenvalue weighted by atomic mass is 9.83. The maximum absolute atomic E-state index is 14.4. The summed E-state index contributed by atoms with van der Waals surface area (Å²) < 4.78 is 18.3. The van der Waals surface area contributed by atoms with E-state index in [0.717, 1.165) is 18.4 Å². The third-order valence-electron chi connectivity index (χ3n) is 12.7. The number of ether oxygens (including phenoxy) is 3. The van der Waals surface area contributed by atoms with Gasteiger partial charge >= 0.3 is 0 Å². The van der Waals surface area contributed by atoms with Gasteiger partial charge in [-0.25, -0.2) is 0 Å². The summed E-state index contributed by atoms with van der Waals surface area (Å²) in [7, 11) is 8.74. The highest BCUT2D eigenvalue weighted by molar-refractivity contribution is 5.94. The van der Waals surface area contributed by atoms with Gasteiger partial charge in [0.05, 0.1) is 48.7 Å². The van der Waals surface area contributed by atoms with Crippen molar-refractivity contribution in [3.63, 3.8) is 0 Å². The summed E-state index contributed by atoms with van der Waals surface area (Å²) in [6.45, 7) is 16.2. The van der Waals surface area contributed by atoms with Crippen LogP contribution in [0.4, 0.5) is 0 Å². The van der Waals surface area contributed by atoms with Crippen LogP contribution in [-0.4, -0.2) is 129 Å². The normalized spacial score (nSPS) is 18.2. The molecule has 0 radical (unpaired) electrons. The van der Waals surface area contributed by atoms with Crippen LogP contribution in [0, 0.1) is 29.6 Å². The molecule has 0 unspecified atom stereocenters. The molecule has 2 aromatic rings. The molecule has 0 aliphatic carbocycles. The largest absolute Gasteiger partial charge is 0.491 e. The number of Topliss-reactive ketones (excluding diaryl/α,β-unsaturated/α-hetero) is 2. The van der Waals surface area contributed by atoms with Gasteiger partial charge in [-0.15, -0.1) is 0 Å². The Morgan fingerprint density at radius 2 is 1.49 bits per heavy atom. The summed E-state index contributed by atoms with van der Waals surface area (Å²) in [4.78, 5) is 73.7. The van der Waals surface area contributed by atoms with Crippen LogP contribution in [0.25, 0.3) is 0 Å². The third kappa shape index (κ3) is 14.2. The molecular weight excluding hydrogens is 773 g/mol. The summed E-state index contributed by atoms with van der Waals surface area (Å²) in [6.07, 6.45) is 1.72. The Morgan fingerprint density at radius 3 is 2.02 bits per heavy atom. The molecule has 1 aliphatic rings. The van der Waals surface area contributed by atoms with E-state index in [-0.39, 0.29) is 84.6 Å². The second-order valence-electron chi connectivity index (χ2n) is 18.0. The zero-order valence-corrected chi connectivity index (χ0v) is 39.3. The standard InChI is InChI=1S/C49H76N4O8/c1-14-33(6)46(52(11)49(58)40(31(2)3)28-42(55)45(32(4)5)51(9)10)43(59-12)29-44(56)53-26-18-21-41(53)47(60-13)34(7)48(57)50-38(27-36-19-16-15-17-20-36)30-61-39-24-22-37(23-25-39)35(8)54/h15-17,19-20,22-25,31-34,38,40-41,43,45-47H,14,18,21,26-30H2,1-13H3,(H,50,57)/t33-,34+,38-,40-,41-,43+,45-,46-,47+/m0/s1. The number of carbonyl (C=O) groups is 5. The smallest absolute Gasteiger partial charge is 0.226 e. The quantitative estimate of drug-likeness (QED) is 0.108. The number of ketones is 2. The highest BCUT2D eigenvalue weighted by Crippen LogP contribution is 2.31. The number of nitrogens with one attached hydrogen (secondary N) is 1. The predicted molar refractivity (Wildman–Crippen MR) is 240 cm³/mol. The van der Waals surface area contributed by atoms with E-state index in [1.54, 1.807) is 50.4 Å². The monoisotopic (exact) mass is 849 g/mol. The van der Waals surface area contributed by atoms with Gasteiger partial charge in [-0.3, -0.25) is 28.9 Å². The Kier molecular flexibility index (Phi) is 20.6. The first kappa shape index (κ1) is 51.2. The van der Waals surface area contributed by atoms with Crippen molar-refractivity contribution in [1.82, 2.24) is 20.0 Å². The number of rotatable bonds is 25. The van der Waals surface area contributed by atoms with Crippen molar-refractivity contribution in [3.8, 4) is 5.75 Å². The third-order valence-corrected chi connectivity index (χ3v) is 12.7. The summed E-state index contributed by atoms with van der Waals surface area (Å²) in [5.74, 6) is -0.936. The Balaban J connectivity index is 1.79. The lowest BCUT2D eigenvalue weighted by molar-refractivity contribution is -0.149. The Bertz CT molecular complexity index is 1690. The van der Waals surface area contributed by atoms with Gasteiger partial charge in [0.25, 0.3) is 0 Å². The minimum absolute atomic E-state index is 0.00191. The molecule has 1 saturated heterocycles. The molecule has 0 aromatic heterocycles. The first-order chi connectivity index (χ1) is 28.9. The summed E-state index contributed by atoms with van der Waals surface area (Å²) in [6, 6.07) is 15.4. The first-order valence-electron chi connectivity index (χ1n) is 22.2. The number of hydrogen-bond acceptors (Lipinski definition) is 9. The Morgan fingerprint density at radius 1 is 0.852 bits per heavy atom. The van der Waals surface area contributed by atoms with E-state index in [0.29, 0.717) is 30.7 Å². The van der Waals surface area contributed by atoms with E-state index in [1.165, 1.54) is 6.92 Å². The molecule has 1 fully saturated rings. The van der Waals surface area contributed by atoms with E-state index in [1.807, 2.05) is 88.8 Å². The predicted octanol–water partition coefficient (Wildman–Crippen LogP) is 6.73. The van der Waals surface area contributed by atoms with Crippen LogP contribution in [0.1, 0.15) is 103 Å². The van der Waals surface area contributed by atoms with Crippen LogP contribution in [0.2, 0.25) is 0 Å². The molecule has 3 amide bonds. The topological polar surface area (TPSA) is 135 Å². The fourth-order valence-corrected chi connectivity index (χ4v) is 9.13. The second kappa shape index (κ2) is 24.5. The van der Waals surface area contributed by atoms with Crippen LogP contribution < -0.4 is 10.1 Å². The first-order valence-corrected chi connectivity index (χ1v) is 22.2. The average Bonchev–Trinajstić information content (AvgIpc) is 3.71. The van der Waals surface area contributed by atoms with Crippen molar-refractivity contribution in [2.75, 3.05) is 48.5 Å². The van der Waals surface area contributed by atoms with E-state index in [2.05, 4.69) is 19.2 Å². The molecule has 12 nitrogen and oxygen atoms in total. The van der Waals surface area contributed by atoms with E-state index in [4.69, 9.17) is 14.2 Å². The molecule has 3 rings (SSSR count). The number of hydrogen-bond donors (Lipinski definition) is 1. The molecule has 1 N–H and O–H groups in total. The van der Waals surface area contributed by atoms with Crippen LogP contribution in [-0.2, 0) is 35.1 Å². The molecule has 61 heavy (non-hydrogen) atoms. The lowest BCUT2D eigenvalue weighted by Crippen LogP contribution is -2.55. The maximum atomic E-state index is 14.4. The molecule has 0 spiro atoms. The van der Waals surface area contributed by atoms with Gasteiger partial charge in [0, 0.05) is 45.7 Å². The van der Waals surface area contributed by atoms with Gasteiger partial charge < -0.3 is 29.3 Å². The fraction of sp³-hybridized carbons (Fsp3) is 0.653. The highest BCUT2D eigenvalue weighted by Gasteiger charge is 2.43. The van der Waals surface area contributed by atoms with Gasteiger partial charge in [0.15, 0.2) is 11.6 Å². The molecule has 2 aromatic carbocycles. The maximum Gasteiger partial charge on any atom is 0.226 e. The molecule has 1 aliphatic heterocycles. The average molecular weight is 849 g/mol. The molecule has 0 bridgehead atoms. The minimum Gasteiger partial charge on any atom is -0.491 e. The van der Waals surface area contributed by atoms with Crippen molar-refractivity contribution < 1.29 is 38.2 Å². The number of carbonyl (C=O) groups excluding carboxylic acids is 5. The van der Waals surface area contributed by atoms with Crippen molar-refractivity contribution in [1.29, 1.82) is 0 Å². The number of likely N-dealkylation sites (tertiary alicyclic amines) is 1.